The minimum atomic E-state index is -1.28. The average molecular weight is 226 g/mol. The zero-order valence-corrected chi connectivity index (χ0v) is 9.59. The van der Waals surface area contributed by atoms with Crippen LogP contribution in [0.3, 0.4) is 0 Å². The van der Waals surface area contributed by atoms with Crippen LogP contribution in [0, 0.1) is 0 Å². The van der Waals surface area contributed by atoms with Gasteiger partial charge in [-0.05, 0) is 29.2 Å². The Hall–Kier alpha value is -1.64. The van der Waals surface area contributed by atoms with Gasteiger partial charge in [0.25, 0.3) is 0 Å². The Labute approximate surface area is 100 Å². The molecule has 17 heavy (non-hydrogen) atoms. The largest absolute Gasteiger partial charge is 0.390 e. The van der Waals surface area contributed by atoms with Gasteiger partial charge in [-0.2, -0.15) is 0 Å². The minimum Gasteiger partial charge on any atom is -0.390 e. The summed E-state index contributed by atoms with van der Waals surface area (Å²) in [5.74, 6) is 0. The van der Waals surface area contributed by atoms with Crippen molar-refractivity contribution in [2.24, 2.45) is 0 Å². The third kappa shape index (κ3) is 1.22. The van der Waals surface area contributed by atoms with Gasteiger partial charge in [0.2, 0.25) is 0 Å². The van der Waals surface area contributed by atoms with Gasteiger partial charge in [0.1, 0.15) is 5.60 Å². The molecule has 2 aromatic rings. The first-order chi connectivity index (χ1) is 8.15. The Kier molecular flexibility index (Phi) is 2.12. The Morgan fingerprint density at radius 3 is 1.71 bits per heavy atom. The summed E-state index contributed by atoms with van der Waals surface area (Å²) in [7, 11) is 0. The van der Waals surface area contributed by atoms with E-state index in [-0.39, 0.29) is 0 Å². The van der Waals surface area contributed by atoms with Crippen LogP contribution in [0.2, 0.25) is 0 Å². The number of hydrogen-bond acceptors (Lipinski definition) is 2. The van der Waals surface area contributed by atoms with Crippen molar-refractivity contribution in [3.8, 4) is 11.1 Å². The molecule has 0 heterocycles. The van der Waals surface area contributed by atoms with Crippen LogP contribution in [0.1, 0.15) is 18.1 Å². The van der Waals surface area contributed by atoms with E-state index < -0.39 is 11.7 Å². The van der Waals surface area contributed by atoms with E-state index in [0.29, 0.717) is 0 Å². The second-order valence-electron chi connectivity index (χ2n) is 4.53. The summed E-state index contributed by atoms with van der Waals surface area (Å²) >= 11 is 0. The highest BCUT2D eigenvalue weighted by atomic mass is 16.3. The van der Waals surface area contributed by atoms with Crippen LogP contribution in [0.15, 0.2) is 48.5 Å². The van der Waals surface area contributed by atoms with Gasteiger partial charge in [-0.3, -0.25) is 0 Å². The molecule has 0 aromatic heterocycles. The first kappa shape index (κ1) is 10.5. The zero-order chi connectivity index (χ0) is 12.0. The van der Waals surface area contributed by atoms with Crippen molar-refractivity contribution in [1.82, 2.24) is 0 Å². The fourth-order valence-corrected chi connectivity index (χ4v) is 2.70. The molecule has 0 amide bonds. The highest BCUT2D eigenvalue weighted by molar-refractivity contribution is 5.80. The second kappa shape index (κ2) is 3.42. The molecule has 0 bridgehead atoms. The molecule has 1 aliphatic rings. The van der Waals surface area contributed by atoms with Crippen molar-refractivity contribution in [3.63, 3.8) is 0 Å². The monoisotopic (exact) mass is 226 g/mol. The Balaban J connectivity index is 2.39. The molecule has 0 aliphatic heterocycles. The van der Waals surface area contributed by atoms with Crippen molar-refractivity contribution < 1.29 is 10.2 Å². The molecule has 0 fully saturated rings. The van der Waals surface area contributed by atoms with E-state index in [0.717, 1.165) is 22.3 Å². The predicted octanol–water partition coefficient (Wildman–Crippen LogP) is 2.28. The van der Waals surface area contributed by atoms with Gasteiger partial charge in [0, 0.05) is 0 Å². The normalized spacial score (nSPS) is 17.4. The predicted molar refractivity (Wildman–Crippen MR) is 66.6 cm³/mol. The van der Waals surface area contributed by atoms with Crippen LogP contribution in [-0.2, 0) is 5.60 Å². The fourth-order valence-electron chi connectivity index (χ4n) is 2.70. The summed E-state index contributed by atoms with van der Waals surface area (Å²) in [6.07, 6.45) is -0.840. The van der Waals surface area contributed by atoms with Crippen LogP contribution in [0.4, 0.5) is 0 Å². The maximum absolute atomic E-state index is 10.8. The summed E-state index contributed by atoms with van der Waals surface area (Å²) < 4.78 is 0. The number of benzene rings is 2. The summed E-state index contributed by atoms with van der Waals surface area (Å²) in [6.45, 7) is 1.62. The quantitative estimate of drug-likeness (QED) is 0.783. The van der Waals surface area contributed by atoms with Gasteiger partial charge in [-0.1, -0.05) is 48.5 Å². The van der Waals surface area contributed by atoms with E-state index in [4.69, 9.17) is 0 Å². The third-order valence-corrected chi connectivity index (χ3v) is 3.57. The number of aliphatic hydroxyl groups excluding tert-OH is 1. The van der Waals surface area contributed by atoms with E-state index in [9.17, 15) is 10.2 Å². The Bertz CT molecular complexity index is 527. The lowest BCUT2D eigenvalue weighted by Crippen LogP contribution is -2.36. The molecule has 3 rings (SSSR count). The molecule has 2 N–H and O–H groups in total. The van der Waals surface area contributed by atoms with Crippen LogP contribution in [0.5, 0.6) is 0 Å². The fraction of sp³-hybridized carbons (Fsp3) is 0.200. The molecular weight excluding hydrogens is 212 g/mol. The maximum atomic E-state index is 10.8. The third-order valence-electron chi connectivity index (χ3n) is 3.57. The standard InChI is InChI=1S/C15H14O2/c1-10(16)15(17)13-8-4-2-6-11(13)12-7-3-5-9-14(12)15/h2-10,16-17H,1H3/t10-/m0/s1. The van der Waals surface area contributed by atoms with Crippen molar-refractivity contribution in [2.75, 3.05) is 0 Å². The van der Waals surface area contributed by atoms with Gasteiger partial charge >= 0.3 is 0 Å². The van der Waals surface area contributed by atoms with Crippen LogP contribution < -0.4 is 0 Å². The summed E-state index contributed by atoms with van der Waals surface area (Å²) in [5, 5.41) is 20.8. The molecule has 0 saturated heterocycles. The van der Waals surface area contributed by atoms with E-state index in [2.05, 4.69) is 0 Å². The molecule has 0 unspecified atom stereocenters. The number of hydrogen-bond donors (Lipinski definition) is 2. The minimum absolute atomic E-state index is 0.788. The number of aliphatic hydroxyl groups is 2. The van der Waals surface area contributed by atoms with Crippen molar-refractivity contribution in [3.05, 3.63) is 59.7 Å². The van der Waals surface area contributed by atoms with Crippen molar-refractivity contribution in [2.45, 2.75) is 18.6 Å². The molecule has 1 atom stereocenters. The molecule has 86 valence electrons. The first-order valence-electron chi connectivity index (χ1n) is 5.75. The molecule has 1 aliphatic carbocycles. The lowest BCUT2D eigenvalue weighted by molar-refractivity contribution is -0.0361. The van der Waals surface area contributed by atoms with E-state index in [1.54, 1.807) is 6.92 Å². The number of fused-ring (bicyclic) bond motifs is 3. The highest BCUT2D eigenvalue weighted by Crippen LogP contribution is 2.48. The van der Waals surface area contributed by atoms with Gasteiger partial charge in [-0.15, -0.1) is 0 Å². The highest BCUT2D eigenvalue weighted by Gasteiger charge is 2.44. The van der Waals surface area contributed by atoms with E-state index >= 15 is 0 Å². The number of rotatable bonds is 1. The molecule has 2 nitrogen and oxygen atoms in total. The summed E-state index contributed by atoms with van der Waals surface area (Å²) in [6, 6.07) is 15.4. The topological polar surface area (TPSA) is 40.5 Å². The van der Waals surface area contributed by atoms with Crippen molar-refractivity contribution >= 4 is 0 Å². The molecule has 2 aromatic carbocycles. The molecular formula is C15H14O2. The van der Waals surface area contributed by atoms with Gasteiger partial charge in [-0.25, -0.2) is 0 Å². The molecule has 0 saturated carbocycles. The van der Waals surface area contributed by atoms with Gasteiger partial charge in [0.05, 0.1) is 6.10 Å². The zero-order valence-electron chi connectivity index (χ0n) is 9.59. The van der Waals surface area contributed by atoms with Crippen LogP contribution in [-0.4, -0.2) is 16.3 Å². The van der Waals surface area contributed by atoms with E-state index in [1.807, 2.05) is 48.5 Å². The Morgan fingerprint density at radius 2 is 1.29 bits per heavy atom. The summed E-state index contributed by atoms with van der Waals surface area (Å²) in [5.41, 5.74) is 2.30. The lowest BCUT2D eigenvalue weighted by Gasteiger charge is -2.28. The van der Waals surface area contributed by atoms with Gasteiger partial charge < -0.3 is 10.2 Å². The van der Waals surface area contributed by atoms with Crippen molar-refractivity contribution in [1.29, 1.82) is 0 Å². The van der Waals surface area contributed by atoms with Crippen LogP contribution >= 0.6 is 0 Å². The average Bonchev–Trinajstić information content (AvgIpc) is 2.63. The van der Waals surface area contributed by atoms with Crippen LogP contribution in [0.25, 0.3) is 11.1 Å². The first-order valence-corrected chi connectivity index (χ1v) is 5.75. The summed E-state index contributed by atoms with van der Waals surface area (Å²) in [4.78, 5) is 0. The Morgan fingerprint density at radius 1 is 0.882 bits per heavy atom. The smallest absolute Gasteiger partial charge is 0.141 e. The molecule has 0 spiro atoms. The SMILES string of the molecule is C[C@H](O)C1(O)c2ccccc2-c2ccccc21. The second-order valence-corrected chi connectivity index (χ2v) is 4.53. The van der Waals surface area contributed by atoms with Gasteiger partial charge in [0.15, 0.2) is 0 Å². The maximum Gasteiger partial charge on any atom is 0.141 e. The van der Waals surface area contributed by atoms with E-state index in [1.165, 1.54) is 0 Å². The molecule has 0 radical (unpaired) electrons. The lowest BCUT2D eigenvalue weighted by atomic mass is 9.87. The molecule has 2 heteroatoms.